The van der Waals surface area contributed by atoms with E-state index < -0.39 is 5.41 Å². The van der Waals surface area contributed by atoms with Crippen LogP contribution in [-0.4, -0.2) is 12.4 Å². The molecule has 0 saturated heterocycles. The average molecular weight is 156 g/mol. The molecule has 0 N–H and O–H groups in total. The van der Waals surface area contributed by atoms with E-state index in [0.29, 0.717) is 12.4 Å². The van der Waals surface area contributed by atoms with Crippen LogP contribution >= 0.6 is 0 Å². The highest BCUT2D eigenvalue weighted by atomic mass is 16.5. The summed E-state index contributed by atoms with van der Waals surface area (Å²) in [4.78, 5) is 11.0. The smallest absolute Gasteiger partial charge is 0.142 e. The molecule has 2 heteroatoms. The Morgan fingerprint density at radius 3 is 2.27 bits per heavy atom. The average Bonchev–Trinajstić information content (AvgIpc) is 1.88. The van der Waals surface area contributed by atoms with Crippen LogP contribution in [0.25, 0.3) is 0 Å². The van der Waals surface area contributed by atoms with Crippen molar-refractivity contribution in [3.8, 4) is 0 Å². The Labute approximate surface area is 68.2 Å². The van der Waals surface area contributed by atoms with Crippen LogP contribution in [0.1, 0.15) is 27.7 Å². The third-order valence-corrected chi connectivity index (χ3v) is 1.90. The SMILES string of the molecule is C=C(OCC)C(C)(C)C(C)=O. The standard InChI is InChI=1S/C9H16O2/c1-6-11-8(3)9(4,5)7(2)10/h3,6H2,1-2,4-5H3. The first kappa shape index (κ1) is 10.2. The van der Waals surface area contributed by atoms with Crippen molar-refractivity contribution < 1.29 is 9.53 Å². The van der Waals surface area contributed by atoms with Crippen LogP contribution in [0.15, 0.2) is 12.3 Å². The molecule has 0 aliphatic rings. The van der Waals surface area contributed by atoms with Crippen molar-refractivity contribution in [2.75, 3.05) is 6.61 Å². The molecule has 11 heavy (non-hydrogen) atoms. The highest BCUT2D eigenvalue weighted by Crippen LogP contribution is 2.26. The number of ketones is 1. The topological polar surface area (TPSA) is 26.3 Å². The number of hydrogen-bond donors (Lipinski definition) is 0. The van der Waals surface area contributed by atoms with E-state index in [0.717, 1.165) is 0 Å². The predicted octanol–water partition coefficient (Wildman–Crippen LogP) is 2.15. The van der Waals surface area contributed by atoms with Gasteiger partial charge in [0.25, 0.3) is 0 Å². The number of carbonyl (C=O) groups excluding carboxylic acids is 1. The third kappa shape index (κ3) is 2.37. The van der Waals surface area contributed by atoms with Gasteiger partial charge in [-0.15, -0.1) is 0 Å². The van der Waals surface area contributed by atoms with Gasteiger partial charge in [0.2, 0.25) is 0 Å². The molecular weight excluding hydrogens is 140 g/mol. The monoisotopic (exact) mass is 156 g/mol. The van der Waals surface area contributed by atoms with Crippen molar-refractivity contribution in [1.82, 2.24) is 0 Å². The molecule has 2 nitrogen and oxygen atoms in total. The zero-order valence-corrected chi connectivity index (χ0v) is 7.73. The van der Waals surface area contributed by atoms with Crippen LogP contribution in [0.2, 0.25) is 0 Å². The summed E-state index contributed by atoms with van der Waals surface area (Å²) >= 11 is 0. The number of hydrogen-bond acceptors (Lipinski definition) is 2. The van der Waals surface area contributed by atoms with Crippen LogP contribution in [0.5, 0.6) is 0 Å². The molecule has 0 aromatic rings. The normalized spacial score (nSPS) is 10.9. The summed E-state index contributed by atoms with van der Waals surface area (Å²) in [5, 5.41) is 0. The van der Waals surface area contributed by atoms with Gasteiger partial charge in [0, 0.05) is 0 Å². The van der Waals surface area contributed by atoms with Crippen LogP contribution in [0.3, 0.4) is 0 Å². The van der Waals surface area contributed by atoms with E-state index in [9.17, 15) is 4.79 Å². The van der Waals surface area contributed by atoms with Gasteiger partial charge in [-0.1, -0.05) is 6.58 Å². The van der Waals surface area contributed by atoms with E-state index in [1.165, 1.54) is 0 Å². The summed E-state index contributed by atoms with van der Waals surface area (Å²) in [5.74, 6) is 0.628. The van der Waals surface area contributed by atoms with Crippen molar-refractivity contribution in [1.29, 1.82) is 0 Å². The summed E-state index contributed by atoms with van der Waals surface area (Å²) in [7, 11) is 0. The molecule has 0 aromatic carbocycles. The highest BCUT2D eigenvalue weighted by Gasteiger charge is 2.28. The minimum absolute atomic E-state index is 0.0796. The maximum absolute atomic E-state index is 11.0. The minimum atomic E-state index is -0.546. The van der Waals surface area contributed by atoms with Gasteiger partial charge in [0.15, 0.2) is 0 Å². The van der Waals surface area contributed by atoms with E-state index in [1.807, 2.05) is 20.8 Å². The molecule has 0 rings (SSSR count). The molecule has 0 unspecified atom stereocenters. The summed E-state index contributed by atoms with van der Waals surface area (Å²) in [6.45, 7) is 11.3. The lowest BCUT2D eigenvalue weighted by molar-refractivity contribution is -0.124. The lowest BCUT2D eigenvalue weighted by Crippen LogP contribution is -2.24. The van der Waals surface area contributed by atoms with Crippen LogP contribution < -0.4 is 0 Å². The maximum atomic E-state index is 11.0. The fourth-order valence-electron chi connectivity index (χ4n) is 0.551. The van der Waals surface area contributed by atoms with E-state index >= 15 is 0 Å². The minimum Gasteiger partial charge on any atom is -0.498 e. The molecule has 0 atom stereocenters. The van der Waals surface area contributed by atoms with Crippen LogP contribution in [0.4, 0.5) is 0 Å². The summed E-state index contributed by atoms with van der Waals surface area (Å²) < 4.78 is 5.15. The number of carbonyl (C=O) groups is 1. The third-order valence-electron chi connectivity index (χ3n) is 1.90. The molecule has 0 bridgehead atoms. The van der Waals surface area contributed by atoms with Crippen LogP contribution in [-0.2, 0) is 9.53 Å². The number of ether oxygens (including phenoxy) is 1. The number of Topliss-reactive ketones (excluding diaryl/α,β-unsaturated/α-hetero) is 1. The Hall–Kier alpha value is -0.790. The molecule has 0 aliphatic heterocycles. The zero-order chi connectivity index (χ0) is 9.07. The van der Waals surface area contributed by atoms with Gasteiger partial charge in [-0.2, -0.15) is 0 Å². The van der Waals surface area contributed by atoms with Gasteiger partial charge in [-0.25, -0.2) is 0 Å². The second-order valence-electron chi connectivity index (χ2n) is 3.04. The summed E-state index contributed by atoms with van der Waals surface area (Å²) in [5.41, 5.74) is -0.546. The number of rotatable bonds is 4. The summed E-state index contributed by atoms with van der Waals surface area (Å²) in [6.07, 6.45) is 0. The molecule has 0 saturated carbocycles. The van der Waals surface area contributed by atoms with Gasteiger partial charge in [0.1, 0.15) is 11.5 Å². The van der Waals surface area contributed by atoms with E-state index in [2.05, 4.69) is 6.58 Å². The lowest BCUT2D eigenvalue weighted by Gasteiger charge is -2.23. The molecule has 0 aromatic heterocycles. The molecule has 0 aliphatic carbocycles. The van der Waals surface area contributed by atoms with E-state index in [4.69, 9.17) is 4.74 Å². The van der Waals surface area contributed by atoms with E-state index in [-0.39, 0.29) is 5.78 Å². The fraction of sp³-hybridized carbons (Fsp3) is 0.667. The molecule has 0 spiro atoms. The lowest BCUT2D eigenvalue weighted by atomic mass is 9.87. The molecule has 0 heterocycles. The zero-order valence-electron chi connectivity index (χ0n) is 7.73. The van der Waals surface area contributed by atoms with E-state index in [1.54, 1.807) is 6.92 Å². The van der Waals surface area contributed by atoms with Gasteiger partial charge in [-0.3, -0.25) is 4.79 Å². The van der Waals surface area contributed by atoms with Gasteiger partial charge >= 0.3 is 0 Å². The Morgan fingerprint density at radius 1 is 1.55 bits per heavy atom. The van der Waals surface area contributed by atoms with Gasteiger partial charge < -0.3 is 4.74 Å². The molecular formula is C9H16O2. The molecule has 0 fully saturated rings. The second-order valence-corrected chi connectivity index (χ2v) is 3.04. The Balaban J connectivity index is 4.30. The van der Waals surface area contributed by atoms with Crippen LogP contribution in [0, 0.1) is 5.41 Å². The number of allylic oxidation sites excluding steroid dienone is 1. The van der Waals surface area contributed by atoms with Crippen molar-refractivity contribution >= 4 is 5.78 Å². The Bertz CT molecular complexity index is 168. The molecule has 64 valence electrons. The van der Waals surface area contributed by atoms with Gasteiger partial charge in [-0.05, 0) is 27.7 Å². The first-order valence-electron chi connectivity index (χ1n) is 3.76. The quantitative estimate of drug-likeness (QED) is 0.583. The molecule has 0 amide bonds. The van der Waals surface area contributed by atoms with Gasteiger partial charge in [0.05, 0.1) is 12.0 Å². The molecule has 0 radical (unpaired) electrons. The maximum Gasteiger partial charge on any atom is 0.142 e. The predicted molar refractivity (Wildman–Crippen MR) is 45.2 cm³/mol. The Morgan fingerprint density at radius 2 is 2.00 bits per heavy atom. The first-order chi connectivity index (χ1) is 4.92. The van der Waals surface area contributed by atoms with Crippen molar-refractivity contribution in [3.63, 3.8) is 0 Å². The highest BCUT2D eigenvalue weighted by molar-refractivity contribution is 5.84. The second kappa shape index (κ2) is 3.56. The van der Waals surface area contributed by atoms with Crippen molar-refractivity contribution in [2.24, 2.45) is 5.41 Å². The van der Waals surface area contributed by atoms with Crippen molar-refractivity contribution in [2.45, 2.75) is 27.7 Å². The Kier molecular flexibility index (Phi) is 3.30. The fourth-order valence-corrected chi connectivity index (χ4v) is 0.551. The first-order valence-corrected chi connectivity index (χ1v) is 3.76. The largest absolute Gasteiger partial charge is 0.498 e. The van der Waals surface area contributed by atoms with Crippen molar-refractivity contribution in [3.05, 3.63) is 12.3 Å². The summed E-state index contributed by atoms with van der Waals surface area (Å²) in [6, 6.07) is 0.